The van der Waals surface area contributed by atoms with Crippen LogP contribution in [0.3, 0.4) is 0 Å². The molecular weight excluding hydrogens is 262 g/mol. The molecule has 0 radical (unpaired) electrons. The number of halogens is 1. The van der Waals surface area contributed by atoms with Gasteiger partial charge in [-0.3, -0.25) is 0 Å². The summed E-state index contributed by atoms with van der Waals surface area (Å²) in [6, 6.07) is 6.05. The summed E-state index contributed by atoms with van der Waals surface area (Å²) >= 11 is 6.21. The van der Waals surface area contributed by atoms with Crippen molar-refractivity contribution in [3.05, 3.63) is 29.5 Å². The second-order valence-electron chi connectivity index (χ2n) is 5.09. The second-order valence-corrected chi connectivity index (χ2v) is 5.50. The first-order chi connectivity index (χ1) is 9.06. The lowest BCUT2D eigenvalue weighted by Gasteiger charge is -2.18. The lowest BCUT2D eigenvalue weighted by molar-refractivity contribution is 0.540. The fourth-order valence-corrected chi connectivity index (χ4v) is 2.25. The fourth-order valence-electron chi connectivity index (χ4n) is 2.08. The molecule has 1 aromatic carbocycles. The largest absolute Gasteiger partial charge is 0.381 e. The number of rotatable bonds is 5. The molecule has 0 aliphatic rings. The van der Waals surface area contributed by atoms with Crippen molar-refractivity contribution in [3.8, 4) is 5.69 Å². The average molecular weight is 280 g/mol. The molecule has 0 aliphatic heterocycles. The first-order valence-electron chi connectivity index (χ1n) is 6.35. The third kappa shape index (κ3) is 3.67. The lowest BCUT2D eigenvalue weighted by Crippen LogP contribution is -2.17. The monoisotopic (exact) mass is 279 g/mol. The molecule has 0 fully saturated rings. The van der Waals surface area contributed by atoms with Crippen molar-refractivity contribution in [1.82, 2.24) is 20.2 Å². The van der Waals surface area contributed by atoms with Gasteiger partial charge < -0.3 is 5.32 Å². The van der Waals surface area contributed by atoms with E-state index in [9.17, 15) is 0 Å². The molecule has 1 unspecified atom stereocenters. The highest BCUT2D eigenvalue weighted by Crippen LogP contribution is 2.26. The summed E-state index contributed by atoms with van der Waals surface area (Å²) in [5.74, 6) is 0.643. The molecule has 19 heavy (non-hydrogen) atoms. The molecule has 1 N–H and O–H groups in total. The van der Waals surface area contributed by atoms with Crippen molar-refractivity contribution in [1.29, 1.82) is 0 Å². The van der Waals surface area contributed by atoms with Crippen molar-refractivity contribution in [3.63, 3.8) is 0 Å². The zero-order valence-electron chi connectivity index (χ0n) is 11.3. The number of benzene rings is 1. The van der Waals surface area contributed by atoms with E-state index in [-0.39, 0.29) is 0 Å². The van der Waals surface area contributed by atoms with E-state index >= 15 is 0 Å². The predicted molar refractivity (Wildman–Crippen MR) is 76.7 cm³/mol. The van der Waals surface area contributed by atoms with Crippen LogP contribution in [0.1, 0.15) is 27.2 Å². The average Bonchev–Trinajstić information content (AvgIpc) is 2.84. The van der Waals surface area contributed by atoms with Gasteiger partial charge in [0.15, 0.2) is 0 Å². The highest BCUT2D eigenvalue weighted by atomic mass is 35.5. The zero-order valence-corrected chi connectivity index (χ0v) is 12.1. The molecule has 0 amide bonds. The molecule has 5 nitrogen and oxygen atoms in total. The summed E-state index contributed by atoms with van der Waals surface area (Å²) in [6.45, 7) is 6.56. The van der Waals surface area contributed by atoms with Gasteiger partial charge in [-0.1, -0.05) is 25.4 Å². The van der Waals surface area contributed by atoms with Crippen molar-refractivity contribution in [2.75, 3.05) is 5.32 Å². The van der Waals surface area contributed by atoms with E-state index in [0.717, 1.165) is 17.8 Å². The zero-order chi connectivity index (χ0) is 13.8. The number of tetrazole rings is 1. The van der Waals surface area contributed by atoms with Crippen LogP contribution in [0, 0.1) is 5.92 Å². The van der Waals surface area contributed by atoms with E-state index in [1.54, 1.807) is 11.0 Å². The summed E-state index contributed by atoms with van der Waals surface area (Å²) in [6.07, 6.45) is 2.65. The van der Waals surface area contributed by atoms with Crippen LogP contribution in [0.4, 0.5) is 5.69 Å². The quantitative estimate of drug-likeness (QED) is 0.913. The highest BCUT2D eigenvalue weighted by Gasteiger charge is 2.09. The molecular formula is C13H18ClN5. The number of aromatic nitrogens is 4. The molecule has 1 heterocycles. The maximum atomic E-state index is 6.21. The van der Waals surface area contributed by atoms with E-state index in [0.29, 0.717) is 17.0 Å². The molecule has 0 spiro atoms. The Morgan fingerprint density at radius 1 is 1.32 bits per heavy atom. The highest BCUT2D eigenvalue weighted by molar-refractivity contribution is 6.33. The van der Waals surface area contributed by atoms with Crippen molar-refractivity contribution in [2.45, 2.75) is 33.2 Å². The molecule has 2 rings (SSSR count). The Balaban J connectivity index is 2.18. The van der Waals surface area contributed by atoms with Crippen LogP contribution < -0.4 is 5.32 Å². The molecule has 102 valence electrons. The Kier molecular flexibility index (Phi) is 4.37. The summed E-state index contributed by atoms with van der Waals surface area (Å²) < 4.78 is 1.61. The Bertz CT molecular complexity index is 524. The van der Waals surface area contributed by atoms with Crippen LogP contribution >= 0.6 is 11.6 Å². The molecule has 0 saturated carbocycles. The first-order valence-corrected chi connectivity index (χ1v) is 6.73. The summed E-state index contributed by atoms with van der Waals surface area (Å²) in [7, 11) is 0. The Morgan fingerprint density at radius 3 is 2.74 bits per heavy atom. The van der Waals surface area contributed by atoms with Crippen molar-refractivity contribution < 1.29 is 0 Å². The van der Waals surface area contributed by atoms with E-state index in [4.69, 9.17) is 11.6 Å². The van der Waals surface area contributed by atoms with Crippen LogP contribution in [-0.2, 0) is 0 Å². The molecule has 6 heteroatoms. The standard InChI is InChI=1S/C13H18ClN5/c1-9(2)6-10(3)16-13-7-11(4-5-12(13)14)19-8-15-17-18-19/h4-5,7-10,16H,6H2,1-3H3. The third-order valence-corrected chi connectivity index (χ3v) is 3.12. The predicted octanol–water partition coefficient (Wildman–Crippen LogP) is 3.16. The molecule has 1 atom stereocenters. The summed E-state index contributed by atoms with van der Waals surface area (Å²) in [5.41, 5.74) is 1.79. The van der Waals surface area contributed by atoms with Gasteiger partial charge in [0.2, 0.25) is 0 Å². The van der Waals surface area contributed by atoms with Gasteiger partial charge in [-0.05, 0) is 47.9 Å². The van der Waals surface area contributed by atoms with Crippen LogP contribution in [0.5, 0.6) is 0 Å². The van der Waals surface area contributed by atoms with Gasteiger partial charge in [-0.25, -0.2) is 4.68 Å². The van der Waals surface area contributed by atoms with E-state index in [1.807, 2.05) is 18.2 Å². The lowest BCUT2D eigenvalue weighted by atomic mass is 10.1. The van der Waals surface area contributed by atoms with Crippen LogP contribution in [-0.4, -0.2) is 26.2 Å². The normalized spacial score (nSPS) is 12.7. The van der Waals surface area contributed by atoms with Gasteiger partial charge in [0.25, 0.3) is 0 Å². The van der Waals surface area contributed by atoms with E-state index < -0.39 is 0 Å². The van der Waals surface area contributed by atoms with Gasteiger partial charge >= 0.3 is 0 Å². The molecule has 0 aliphatic carbocycles. The first kappa shape index (κ1) is 13.8. The van der Waals surface area contributed by atoms with Crippen molar-refractivity contribution >= 4 is 17.3 Å². The van der Waals surface area contributed by atoms with Crippen LogP contribution in [0.15, 0.2) is 24.5 Å². The molecule has 2 aromatic rings. The number of nitrogens with zero attached hydrogens (tertiary/aromatic N) is 4. The van der Waals surface area contributed by atoms with E-state index in [2.05, 4.69) is 41.6 Å². The maximum Gasteiger partial charge on any atom is 0.143 e. The second kappa shape index (κ2) is 6.02. The number of hydrogen-bond donors (Lipinski definition) is 1. The fraction of sp³-hybridized carbons (Fsp3) is 0.462. The van der Waals surface area contributed by atoms with Gasteiger partial charge in [-0.2, -0.15) is 0 Å². The van der Waals surface area contributed by atoms with E-state index in [1.165, 1.54) is 0 Å². The van der Waals surface area contributed by atoms with Gasteiger partial charge in [0.05, 0.1) is 16.4 Å². The Morgan fingerprint density at radius 2 is 2.11 bits per heavy atom. The minimum Gasteiger partial charge on any atom is -0.381 e. The Labute approximate surface area is 118 Å². The topological polar surface area (TPSA) is 55.6 Å². The van der Waals surface area contributed by atoms with Crippen LogP contribution in [0.2, 0.25) is 5.02 Å². The smallest absolute Gasteiger partial charge is 0.143 e. The number of hydrogen-bond acceptors (Lipinski definition) is 4. The minimum absolute atomic E-state index is 0.363. The minimum atomic E-state index is 0.363. The van der Waals surface area contributed by atoms with Crippen molar-refractivity contribution in [2.24, 2.45) is 5.92 Å². The summed E-state index contributed by atoms with van der Waals surface area (Å²) in [5, 5.41) is 15.3. The summed E-state index contributed by atoms with van der Waals surface area (Å²) in [4.78, 5) is 0. The SMILES string of the molecule is CC(C)CC(C)Nc1cc(-n2cnnn2)ccc1Cl. The van der Waals surface area contributed by atoms with Crippen LogP contribution in [0.25, 0.3) is 5.69 Å². The number of anilines is 1. The van der Waals surface area contributed by atoms with Gasteiger partial charge in [0.1, 0.15) is 6.33 Å². The van der Waals surface area contributed by atoms with Gasteiger partial charge in [-0.15, -0.1) is 5.10 Å². The van der Waals surface area contributed by atoms with Gasteiger partial charge in [0, 0.05) is 6.04 Å². The maximum absolute atomic E-state index is 6.21. The molecule has 0 bridgehead atoms. The molecule has 0 saturated heterocycles. The third-order valence-electron chi connectivity index (χ3n) is 2.79. The number of nitrogens with one attached hydrogen (secondary N) is 1. The Hall–Kier alpha value is -1.62. The molecule has 1 aromatic heterocycles.